The van der Waals surface area contributed by atoms with Gasteiger partial charge in [-0.2, -0.15) is 0 Å². The number of anilines is 1. The van der Waals surface area contributed by atoms with Gasteiger partial charge in [-0.15, -0.1) is 0 Å². The van der Waals surface area contributed by atoms with Crippen molar-refractivity contribution in [1.82, 2.24) is 9.55 Å². The van der Waals surface area contributed by atoms with E-state index in [0.29, 0.717) is 12.4 Å². The van der Waals surface area contributed by atoms with Crippen molar-refractivity contribution in [3.05, 3.63) is 22.7 Å². The lowest BCUT2D eigenvalue weighted by molar-refractivity contribution is 0.383. The van der Waals surface area contributed by atoms with Gasteiger partial charge in [0.05, 0.1) is 0 Å². The second-order valence-electron chi connectivity index (χ2n) is 4.90. The van der Waals surface area contributed by atoms with Gasteiger partial charge in [0.2, 0.25) is 0 Å². The molecule has 1 aromatic heterocycles. The van der Waals surface area contributed by atoms with Gasteiger partial charge in [-0.1, -0.05) is 0 Å². The van der Waals surface area contributed by atoms with Crippen molar-refractivity contribution in [2.75, 3.05) is 11.9 Å². The minimum Gasteiger partial charge on any atom is -0.362 e. The first-order chi connectivity index (χ1) is 7.36. The highest BCUT2D eigenvalue weighted by atomic mass is 16.1. The van der Waals surface area contributed by atoms with E-state index >= 15 is 0 Å². The van der Waals surface area contributed by atoms with Gasteiger partial charge in [0.25, 0.3) is 5.56 Å². The van der Waals surface area contributed by atoms with E-state index in [1.807, 2.05) is 27.7 Å². The normalized spacial score (nSPS) is 13.6. The largest absolute Gasteiger partial charge is 0.362 e. The Balaban J connectivity index is 3.10. The van der Waals surface area contributed by atoms with Gasteiger partial charge in [-0.3, -0.25) is 4.79 Å². The maximum Gasteiger partial charge on any atom is 0.293 e. The van der Waals surface area contributed by atoms with Crippen LogP contribution in [0, 0.1) is 0 Å². The van der Waals surface area contributed by atoms with Crippen LogP contribution in [0.1, 0.15) is 27.7 Å². The maximum atomic E-state index is 12.1. The highest BCUT2D eigenvalue weighted by molar-refractivity contribution is 5.32. The first-order valence-electron chi connectivity index (χ1n) is 5.41. The van der Waals surface area contributed by atoms with Crippen molar-refractivity contribution in [3.63, 3.8) is 0 Å². The first-order valence-corrected chi connectivity index (χ1v) is 5.41. The van der Waals surface area contributed by atoms with E-state index in [1.165, 1.54) is 0 Å². The van der Waals surface area contributed by atoms with Crippen molar-refractivity contribution in [1.29, 1.82) is 0 Å². The Labute approximate surface area is 95.7 Å². The fourth-order valence-electron chi connectivity index (χ4n) is 1.33. The summed E-state index contributed by atoms with van der Waals surface area (Å²) in [4.78, 5) is 16.1. The highest BCUT2D eigenvalue weighted by Gasteiger charge is 2.16. The van der Waals surface area contributed by atoms with E-state index in [2.05, 4.69) is 10.3 Å². The van der Waals surface area contributed by atoms with E-state index in [4.69, 9.17) is 5.73 Å². The molecular formula is C11H20N4O. The summed E-state index contributed by atoms with van der Waals surface area (Å²) in [6.45, 7) is 8.31. The minimum absolute atomic E-state index is 0.0380. The number of nitrogens with two attached hydrogens (primary N) is 1. The molecule has 0 bridgehead atoms. The standard InChI is InChI=1S/C11H20N4O/c1-8(7-12)14-9-10(16)15(6-5-13-9)11(2,3)4/h5-6,8H,7,12H2,1-4H3,(H,13,14). The number of aromatic nitrogens is 2. The molecule has 0 aromatic carbocycles. The predicted molar refractivity (Wildman–Crippen MR) is 65.6 cm³/mol. The molecular weight excluding hydrogens is 204 g/mol. The average Bonchev–Trinajstić information content (AvgIpc) is 2.19. The van der Waals surface area contributed by atoms with Gasteiger partial charge in [0, 0.05) is 30.5 Å². The lowest BCUT2D eigenvalue weighted by Crippen LogP contribution is -2.37. The van der Waals surface area contributed by atoms with Crippen LogP contribution in [0.5, 0.6) is 0 Å². The van der Waals surface area contributed by atoms with Crippen LogP contribution >= 0.6 is 0 Å². The van der Waals surface area contributed by atoms with E-state index in [-0.39, 0.29) is 17.1 Å². The van der Waals surface area contributed by atoms with Crippen LogP contribution in [-0.4, -0.2) is 22.1 Å². The molecule has 16 heavy (non-hydrogen) atoms. The summed E-state index contributed by atoms with van der Waals surface area (Å²) in [5.74, 6) is 0.357. The summed E-state index contributed by atoms with van der Waals surface area (Å²) in [7, 11) is 0. The number of hydrogen-bond donors (Lipinski definition) is 2. The molecule has 1 unspecified atom stereocenters. The Bertz CT molecular complexity index is 405. The third-order valence-electron chi connectivity index (χ3n) is 2.30. The lowest BCUT2D eigenvalue weighted by Gasteiger charge is -2.23. The Morgan fingerprint density at radius 2 is 2.19 bits per heavy atom. The summed E-state index contributed by atoms with van der Waals surface area (Å²) in [6, 6.07) is 0.0380. The summed E-state index contributed by atoms with van der Waals surface area (Å²) < 4.78 is 1.66. The van der Waals surface area contributed by atoms with Gasteiger partial charge in [0.1, 0.15) is 0 Å². The molecule has 0 aliphatic carbocycles. The van der Waals surface area contributed by atoms with E-state index in [9.17, 15) is 4.79 Å². The maximum absolute atomic E-state index is 12.1. The predicted octanol–water partition coefficient (Wildman–Crippen LogP) is 0.757. The summed E-state index contributed by atoms with van der Waals surface area (Å²) >= 11 is 0. The Morgan fingerprint density at radius 3 is 2.69 bits per heavy atom. The summed E-state index contributed by atoms with van der Waals surface area (Å²) in [5, 5.41) is 3.00. The molecule has 3 N–H and O–H groups in total. The smallest absolute Gasteiger partial charge is 0.293 e. The minimum atomic E-state index is -0.248. The molecule has 0 aliphatic heterocycles. The lowest BCUT2D eigenvalue weighted by atomic mass is 10.1. The summed E-state index contributed by atoms with van der Waals surface area (Å²) in [5.41, 5.74) is 5.13. The molecule has 0 spiro atoms. The number of rotatable bonds is 3. The van der Waals surface area contributed by atoms with Crippen molar-refractivity contribution in [3.8, 4) is 0 Å². The van der Waals surface area contributed by atoms with Crippen LogP contribution in [-0.2, 0) is 5.54 Å². The fourth-order valence-corrected chi connectivity index (χ4v) is 1.33. The molecule has 1 atom stereocenters. The van der Waals surface area contributed by atoms with E-state index in [1.54, 1.807) is 17.0 Å². The number of nitrogens with zero attached hydrogens (tertiary/aromatic N) is 2. The number of hydrogen-bond acceptors (Lipinski definition) is 4. The second kappa shape index (κ2) is 4.65. The topological polar surface area (TPSA) is 72.9 Å². The van der Waals surface area contributed by atoms with Crippen LogP contribution in [0.15, 0.2) is 17.2 Å². The van der Waals surface area contributed by atoms with Crippen molar-refractivity contribution in [2.45, 2.75) is 39.3 Å². The van der Waals surface area contributed by atoms with Crippen LogP contribution in [0.2, 0.25) is 0 Å². The number of nitrogens with one attached hydrogen (secondary N) is 1. The second-order valence-corrected chi connectivity index (χ2v) is 4.90. The SMILES string of the molecule is CC(CN)Nc1nccn(C(C)(C)C)c1=O. The molecule has 5 nitrogen and oxygen atoms in total. The van der Waals surface area contributed by atoms with Crippen LogP contribution in [0.3, 0.4) is 0 Å². The highest BCUT2D eigenvalue weighted by Crippen LogP contribution is 2.10. The summed E-state index contributed by atoms with van der Waals surface area (Å²) in [6.07, 6.45) is 3.32. The Hall–Kier alpha value is -1.36. The quantitative estimate of drug-likeness (QED) is 0.795. The molecule has 1 aromatic rings. The van der Waals surface area contributed by atoms with Gasteiger partial charge in [0.15, 0.2) is 5.82 Å². The average molecular weight is 224 g/mol. The molecule has 0 amide bonds. The van der Waals surface area contributed by atoms with Crippen LogP contribution in [0.4, 0.5) is 5.82 Å². The Morgan fingerprint density at radius 1 is 1.56 bits per heavy atom. The zero-order valence-electron chi connectivity index (χ0n) is 10.3. The molecule has 5 heteroatoms. The zero-order chi connectivity index (χ0) is 12.3. The molecule has 0 fully saturated rings. The van der Waals surface area contributed by atoms with Crippen molar-refractivity contribution in [2.24, 2.45) is 5.73 Å². The van der Waals surface area contributed by atoms with Gasteiger partial charge in [-0.05, 0) is 27.7 Å². The van der Waals surface area contributed by atoms with E-state index < -0.39 is 0 Å². The third-order valence-corrected chi connectivity index (χ3v) is 2.30. The van der Waals surface area contributed by atoms with Gasteiger partial charge in [-0.25, -0.2) is 4.98 Å². The zero-order valence-corrected chi connectivity index (χ0v) is 10.3. The first kappa shape index (κ1) is 12.7. The monoisotopic (exact) mass is 224 g/mol. The molecule has 0 saturated heterocycles. The molecule has 0 radical (unpaired) electrons. The van der Waals surface area contributed by atoms with Crippen LogP contribution in [0.25, 0.3) is 0 Å². The molecule has 1 rings (SSSR count). The van der Waals surface area contributed by atoms with Crippen molar-refractivity contribution >= 4 is 5.82 Å². The van der Waals surface area contributed by atoms with Gasteiger partial charge >= 0.3 is 0 Å². The molecule has 0 saturated carbocycles. The molecule has 0 aliphatic rings. The molecule has 90 valence electrons. The van der Waals surface area contributed by atoms with E-state index in [0.717, 1.165) is 0 Å². The van der Waals surface area contributed by atoms with Crippen LogP contribution < -0.4 is 16.6 Å². The molecule has 1 heterocycles. The Kier molecular flexibility index (Phi) is 3.70. The van der Waals surface area contributed by atoms with Gasteiger partial charge < -0.3 is 15.6 Å². The third kappa shape index (κ3) is 2.82. The fraction of sp³-hybridized carbons (Fsp3) is 0.636. The van der Waals surface area contributed by atoms with Crippen molar-refractivity contribution < 1.29 is 0 Å².